The van der Waals surface area contributed by atoms with E-state index >= 15 is 0 Å². The van der Waals surface area contributed by atoms with Gasteiger partial charge < -0.3 is 5.32 Å². The number of rotatable bonds is 6. The summed E-state index contributed by atoms with van der Waals surface area (Å²) in [5.41, 5.74) is 4.60. The number of nitrogens with zero attached hydrogens (tertiary/aromatic N) is 3. The first-order chi connectivity index (χ1) is 10.8. The van der Waals surface area contributed by atoms with Gasteiger partial charge in [-0.3, -0.25) is 14.8 Å². The molecular formula is C17H24N4O2. The lowest BCUT2D eigenvalue weighted by Gasteiger charge is -2.23. The molecule has 0 spiro atoms. The summed E-state index contributed by atoms with van der Waals surface area (Å²) in [4.78, 5) is 10.4. The minimum Gasteiger partial charge on any atom is -0.303 e. The molecule has 23 heavy (non-hydrogen) atoms. The molecule has 6 heteroatoms. The van der Waals surface area contributed by atoms with Crippen molar-refractivity contribution in [2.24, 2.45) is 7.05 Å². The van der Waals surface area contributed by atoms with Gasteiger partial charge in [0.05, 0.1) is 10.6 Å². The Hall–Kier alpha value is -2.21. The third-order valence-corrected chi connectivity index (χ3v) is 4.38. The molecule has 0 aliphatic heterocycles. The molecule has 0 amide bonds. The summed E-state index contributed by atoms with van der Waals surface area (Å²) >= 11 is 0. The first kappa shape index (κ1) is 17.1. The molecule has 1 aromatic heterocycles. The zero-order chi connectivity index (χ0) is 17.1. The van der Waals surface area contributed by atoms with Crippen LogP contribution in [0.5, 0.6) is 0 Å². The number of nitrogens with one attached hydrogen (secondary N) is 1. The molecule has 0 aliphatic carbocycles. The van der Waals surface area contributed by atoms with Gasteiger partial charge in [-0.2, -0.15) is 5.10 Å². The lowest BCUT2D eigenvalue weighted by molar-refractivity contribution is -0.384. The van der Waals surface area contributed by atoms with Crippen molar-refractivity contribution in [3.8, 4) is 0 Å². The van der Waals surface area contributed by atoms with Gasteiger partial charge in [0, 0.05) is 42.5 Å². The Balaban J connectivity index is 2.19. The van der Waals surface area contributed by atoms with Crippen LogP contribution in [0.2, 0.25) is 0 Å². The molecule has 1 aromatic carbocycles. The predicted octanol–water partition coefficient (Wildman–Crippen LogP) is 3.75. The number of nitro groups is 1. The maximum Gasteiger partial charge on any atom is 0.269 e. The van der Waals surface area contributed by atoms with E-state index in [-0.39, 0.29) is 22.7 Å². The van der Waals surface area contributed by atoms with Crippen LogP contribution in [0.15, 0.2) is 24.3 Å². The van der Waals surface area contributed by atoms with Gasteiger partial charge >= 0.3 is 0 Å². The van der Waals surface area contributed by atoms with E-state index < -0.39 is 0 Å². The molecule has 0 aliphatic rings. The molecule has 124 valence electrons. The molecule has 1 heterocycles. The van der Waals surface area contributed by atoms with Gasteiger partial charge in [0.1, 0.15) is 0 Å². The number of nitro benzene ring substituents is 1. The molecule has 2 rings (SSSR count). The lowest BCUT2D eigenvalue weighted by Crippen LogP contribution is -2.25. The Morgan fingerprint density at radius 1 is 1.30 bits per heavy atom. The fraction of sp³-hybridized carbons (Fsp3) is 0.471. The average molecular weight is 316 g/mol. The molecule has 2 atom stereocenters. The summed E-state index contributed by atoms with van der Waals surface area (Å²) in [7, 11) is 1.96. The van der Waals surface area contributed by atoms with Crippen molar-refractivity contribution >= 4 is 5.69 Å². The van der Waals surface area contributed by atoms with E-state index in [1.54, 1.807) is 12.1 Å². The molecule has 1 N–H and O–H groups in total. The highest BCUT2D eigenvalue weighted by Gasteiger charge is 2.21. The fourth-order valence-electron chi connectivity index (χ4n) is 2.98. The number of aryl methyl sites for hydroxylation is 2. The monoisotopic (exact) mass is 316 g/mol. The predicted molar refractivity (Wildman–Crippen MR) is 90.4 cm³/mol. The van der Waals surface area contributed by atoms with E-state index in [1.165, 1.54) is 5.56 Å². The fourth-order valence-corrected chi connectivity index (χ4v) is 2.98. The van der Waals surface area contributed by atoms with Crippen molar-refractivity contribution in [3.05, 3.63) is 56.9 Å². The first-order valence-electron chi connectivity index (χ1n) is 7.85. The summed E-state index contributed by atoms with van der Waals surface area (Å²) in [5, 5.41) is 18.9. The summed E-state index contributed by atoms with van der Waals surface area (Å²) in [5.74, 6) is 0. The maximum absolute atomic E-state index is 10.7. The smallest absolute Gasteiger partial charge is 0.269 e. The zero-order valence-corrected chi connectivity index (χ0v) is 14.3. The van der Waals surface area contributed by atoms with Gasteiger partial charge in [-0.25, -0.2) is 0 Å². The van der Waals surface area contributed by atoms with Gasteiger partial charge in [0.15, 0.2) is 0 Å². The van der Waals surface area contributed by atoms with Crippen molar-refractivity contribution in [1.82, 2.24) is 15.1 Å². The van der Waals surface area contributed by atoms with Gasteiger partial charge in [0.25, 0.3) is 5.69 Å². The van der Waals surface area contributed by atoms with Crippen molar-refractivity contribution in [2.45, 2.75) is 46.2 Å². The molecular weight excluding hydrogens is 292 g/mol. The number of hydrogen-bond acceptors (Lipinski definition) is 4. The normalized spacial score (nSPS) is 13.8. The van der Waals surface area contributed by atoms with Crippen molar-refractivity contribution in [2.75, 3.05) is 0 Å². The van der Waals surface area contributed by atoms with Crippen LogP contribution in [-0.2, 0) is 7.05 Å². The van der Waals surface area contributed by atoms with Crippen molar-refractivity contribution < 1.29 is 4.92 Å². The Bertz CT molecular complexity index is 691. The molecule has 0 fully saturated rings. The van der Waals surface area contributed by atoms with Gasteiger partial charge in [-0.15, -0.1) is 0 Å². The van der Waals surface area contributed by atoms with E-state index in [0.29, 0.717) is 0 Å². The van der Waals surface area contributed by atoms with Crippen LogP contribution in [0, 0.1) is 24.0 Å². The third-order valence-electron chi connectivity index (χ3n) is 4.38. The van der Waals surface area contributed by atoms with Crippen LogP contribution < -0.4 is 5.32 Å². The number of benzene rings is 1. The first-order valence-corrected chi connectivity index (χ1v) is 7.85. The Labute approximate surface area is 136 Å². The van der Waals surface area contributed by atoms with Gasteiger partial charge in [0.2, 0.25) is 0 Å². The summed E-state index contributed by atoms with van der Waals surface area (Å²) in [6, 6.07) is 7.02. The third kappa shape index (κ3) is 3.59. The lowest BCUT2D eigenvalue weighted by atomic mass is 9.99. The van der Waals surface area contributed by atoms with Crippen LogP contribution in [0.1, 0.15) is 54.9 Å². The molecule has 0 radical (unpaired) electrons. The highest BCUT2D eigenvalue weighted by atomic mass is 16.6. The van der Waals surface area contributed by atoms with Gasteiger partial charge in [-0.1, -0.05) is 19.1 Å². The van der Waals surface area contributed by atoms with E-state index in [9.17, 15) is 10.1 Å². The Kier molecular flexibility index (Phi) is 5.15. The molecule has 0 bridgehead atoms. The quantitative estimate of drug-likeness (QED) is 0.650. The van der Waals surface area contributed by atoms with E-state index in [2.05, 4.69) is 31.2 Å². The summed E-state index contributed by atoms with van der Waals surface area (Å²) in [6.45, 7) is 8.33. The average Bonchev–Trinajstić information content (AvgIpc) is 2.78. The molecule has 0 unspecified atom stereocenters. The van der Waals surface area contributed by atoms with E-state index in [0.717, 1.165) is 23.4 Å². The maximum atomic E-state index is 10.7. The van der Waals surface area contributed by atoms with Crippen molar-refractivity contribution in [3.63, 3.8) is 0 Å². The minimum atomic E-state index is -0.376. The SMILES string of the molecule is CC[C@H](N[C@H](C)c1ccc([N+](=O)[O-])cc1)c1c(C)nn(C)c1C. The molecule has 0 saturated heterocycles. The Morgan fingerprint density at radius 2 is 1.91 bits per heavy atom. The summed E-state index contributed by atoms with van der Waals surface area (Å²) < 4.78 is 1.91. The second kappa shape index (κ2) is 6.91. The second-order valence-corrected chi connectivity index (χ2v) is 5.91. The Morgan fingerprint density at radius 3 is 2.35 bits per heavy atom. The zero-order valence-electron chi connectivity index (χ0n) is 14.3. The van der Waals surface area contributed by atoms with Crippen LogP contribution in [0.4, 0.5) is 5.69 Å². The standard InChI is InChI=1S/C17H24N4O2/c1-6-16(17-12(3)19-20(5)13(17)4)18-11(2)14-7-9-15(10-8-14)21(22)23/h7-11,16,18H,6H2,1-5H3/t11-,16+/m1/s1. The van der Waals surface area contributed by atoms with Crippen LogP contribution in [0.3, 0.4) is 0 Å². The highest BCUT2D eigenvalue weighted by molar-refractivity contribution is 5.34. The van der Waals surface area contributed by atoms with Crippen LogP contribution >= 0.6 is 0 Å². The largest absolute Gasteiger partial charge is 0.303 e. The van der Waals surface area contributed by atoms with Crippen LogP contribution in [-0.4, -0.2) is 14.7 Å². The van der Waals surface area contributed by atoms with Crippen LogP contribution in [0.25, 0.3) is 0 Å². The van der Waals surface area contributed by atoms with Gasteiger partial charge in [-0.05, 0) is 32.8 Å². The number of hydrogen-bond donors (Lipinski definition) is 1. The topological polar surface area (TPSA) is 73.0 Å². The highest BCUT2D eigenvalue weighted by Crippen LogP contribution is 2.27. The second-order valence-electron chi connectivity index (χ2n) is 5.91. The summed E-state index contributed by atoms with van der Waals surface area (Å²) in [6.07, 6.45) is 0.949. The van der Waals surface area contributed by atoms with Crippen molar-refractivity contribution in [1.29, 1.82) is 0 Å². The van der Waals surface area contributed by atoms with E-state index in [1.807, 2.05) is 30.8 Å². The number of non-ortho nitro benzene ring substituents is 1. The molecule has 2 aromatic rings. The molecule has 0 saturated carbocycles. The minimum absolute atomic E-state index is 0.0970. The molecule has 6 nitrogen and oxygen atoms in total. The number of aromatic nitrogens is 2. The van der Waals surface area contributed by atoms with E-state index in [4.69, 9.17) is 0 Å².